The van der Waals surface area contributed by atoms with E-state index in [2.05, 4.69) is 19.6 Å². The van der Waals surface area contributed by atoms with E-state index in [-0.39, 0.29) is 85.3 Å². The van der Waals surface area contributed by atoms with Crippen LogP contribution in [0, 0.1) is 11.7 Å². The normalized spacial score (nSPS) is 19.0. The van der Waals surface area contributed by atoms with Crippen LogP contribution >= 0.6 is 11.3 Å². The number of likely N-dealkylation sites (tertiary alicyclic amines) is 1. The molecule has 1 atom stereocenters. The molecule has 0 amide bonds. The zero-order chi connectivity index (χ0) is 32.6. The Bertz CT molecular complexity index is 1520. The molecular weight excluding hydrogens is 633 g/mol. The number of nitrogens with zero attached hydrogens (tertiary/aromatic N) is 3. The number of hydrogen-bond acceptors (Lipinski definition) is 8. The van der Waals surface area contributed by atoms with Gasteiger partial charge in [-0.2, -0.15) is 26.3 Å². The monoisotopic (exact) mass is 666 g/mol. The van der Waals surface area contributed by atoms with Gasteiger partial charge in [0.2, 0.25) is 0 Å². The second-order valence-electron chi connectivity index (χ2n) is 11.5. The Kier molecular flexibility index (Phi) is 9.55. The number of alkyl halides is 6. The molecular formula is C29H33F7N4O4S. The molecule has 45 heavy (non-hydrogen) atoms. The summed E-state index contributed by atoms with van der Waals surface area (Å²) in [7, 11) is 1.31. The fraction of sp³-hybridized carbons (Fsp3) is 0.621. The van der Waals surface area contributed by atoms with Gasteiger partial charge in [0.1, 0.15) is 22.3 Å². The molecule has 2 aliphatic rings. The molecule has 8 nitrogen and oxygen atoms in total. The minimum Gasteiger partial charge on any atom is -0.496 e. The van der Waals surface area contributed by atoms with Crippen molar-refractivity contribution < 1.29 is 44.7 Å². The molecule has 0 spiro atoms. The molecule has 3 heterocycles. The highest BCUT2D eigenvalue weighted by atomic mass is 32.1. The first-order valence-electron chi connectivity index (χ1n) is 14.7. The third kappa shape index (κ3) is 6.86. The van der Waals surface area contributed by atoms with E-state index in [1.165, 1.54) is 13.2 Å². The fourth-order valence-electron chi connectivity index (χ4n) is 6.14. The summed E-state index contributed by atoms with van der Waals surface area (Å²) in [4.78, 5) is 20.4. The smallest absolute Gasteiger partial charge is 0.439 e. The van der Waals surface area contributed by atoms with Gasteiger partial charge in [-0.3, -0.25) is 14.4 Å². The molecule has 1 saturated heterocycles. The standard InChI is InChI=1S/C29H33F7N4O4S/c1-3-20(43-22-14-21(42-2)17(13-18(22)30)24-38-26(41)44-39-24)23-19(15-40-11-7-16(8-12-40)28(31,32)33)37-25(45-23)27(29(34,35)36)9-5-4-6-10-27/h13-14,16,20H,3-12,15H2,1-2H3,(H,38,39,41). The van der Waals surface area contributed by atoms with Crippen LogP contribution in [0.4, 0.5) is 30.7 Å². The highest BCUT2D eigenvalue weighted by Gasteiger charge is 2.58. The number of thiazole rings is 1. The summed E-state index contributed by atoms with van der Waals surface area (Å²) >= 11 is 0.877. The first kappa shape index (κ1) is 33.2. The molecule has 3 aromatic rings. The zero-order valence-corrected chi connectivity index (χ0v) is 25.4. The summed E-state index contributed by atoms with van der Waals surface area (Å²) in [5.74, 6) is -3.40. The van der Waals surface area contributed by atoms with Crippen molar-refractivity contribution in [1.82, 2.24) is 20.0 Å². The van der Waals surface area contributed by atoms with Gasteiger partial charge in [-0.1, -0.05) is 31.3 Å². The number of hydrogen-bond donors (Lipinski definition) is 1. The van der Waals surface area contributed by atoms with Gasteiger partial charge in [0.05, 0.1) is 29.2 Å². The van der Waals surface area contributed by atoms with Crippen LogP contribution in [0.2, 0.25) is 0 Å². The Hall–Kier alpha value is -3.14. The van der Waals surface area contributed by atoms with E-state index in [1.807, 2.05) is 0 Å². The number of benzene rings is 1. The highest BCUT2D eigenvalue weighted by Crippen LogP contribution is 2.53. The van der Waals surface area contributed by atoms with Gasteiger partial charge in [0, 0.05) is 12.6 Å². The lowest BCUT2D eigenvalue weighted by molar-refractivity contribution is -0.199. The lowest BCUT2D eigenvalue weighted by atomic mass is 9.74. The first-order chi connectivity index (χ1) is 21.3. The number of H-pyrrole nitrogens is 1. The predicted octanol–water partition coefficient (Wildman–Crippen LogP) is 7.70. The SMILES string of the molecule is CCC(Oc1cc(OC)c(-c2noc(=O)[nH]2)cc1F)c1sc(C2(C(F)(F)F)CCCCC2)nc1CN1CCC(C(F)(F)F)CC1. The van der Waals surface area contributed by atoms with Gasteiger partial charge in [0.25, 0.3) is 0 Å². The van der Waals surface area contributed by atoms with Crippen molar-refractivity contribution in [2.45, 2.75) is 88.7 Å². The number of aromatic amines is 1. The van der Waals surface area contributed by atoms with Crippen LogP contribution in [0.5, 0.6) is 11.5 Å². The zero-order valence-electron chi connectivity index (χ0n) is 24.6. The van der Waals surface area contributed by atoms with E-state index in [9.17, 15) is 31.1 Å². The summed E-state index contributed by atoms with van der Waals surface area (Å²) in [6.07, 6.45) is -8.60. The Balaban J connectivity index is 1.50. The first-order valence-corrected chi connectivity index (χ1v) is 15.5. The van der Waals surface area contributed by atoms with Crippen LogP contribution in [-0.2, 0) is 12.0 Å². The lowest BCUT2D eigenvalue weighted by Crippen LogP contribution is -2.44. The molecule has 0 radical (unpaired) electrons. The van der Waals surface area contributed by atoms with E-state index in [1.54, 1.807) is 11.8 Å². The molecule has 1 saturated carbocycles. The quantitative estimate of drug-likeness (QED) is 0.234. The minimum atomic E-state index is -4.56. The molecule has 1 aliphatic heterocycles. The molecule has 1 N–H and O–H groups in total. The van der Waals surface area contributed by atoms with Crippen molar-refractivity contribution in [3.8, 4) is 22.9 Å². The molecule has 0 bridgehead atoms. The molecule has 5 rings (SSSR count). The number of rotatable bonds is 9. The second kappa shape index (κ2) is 12.9. The Labute approximate surface area is 257 Å². The third-order valence-corrected chi connectivity index (χ3v) is 10.1. The number of piperidine rings is 1. The largest absolute Gasteiger partial charge is 0.496 e. The van der Waals surface area contributed by atoms with Gasteiger partial charge in [-0.25, -0.2) is 14.2 Å². The van der Waals surface area contributed by atoms with Gasteiger partial charge >= 0.3 is 18.1 Å². The number of halogens is 7. The van der Waals surface area contributed by atoms with E-state index in [0.29, 0.717) is 24.1 Å². The molecule has 16 heteroatoms. The summed E-state index contributed by atoms with van der Waals surface area (Å²) in [5, 5.41) is 3.45. The van der Waals surface area contributed by atoms with Gasteiger partial charge in [-0.15, -0.1) is 11.3 Å². The van der Waals surface area contributed by atoms with Gasteiger partial charge in [-0.05, 0) is 51.3 Å². The summed E-state index contributed by atoms with van der Waals surface area (Å²) in [6.45, 7) is 1.98. The molecule has 2 aromatic heterocycles. The van der Waals surface area contributed by atoms with Crippen LogP contribution < -0.4 is 15.2 Å². The van der Waals surface area contributed by atoms with Crippen molar-refractivity contribution in [1.29, 1.82) is 0 Å². The number of ether oxygens (including phenoxy) is 2. The number of aromatic nitrogens is 3. The summed E-state index contributed by atoms with van der Waals surface area (Å²) < 4.78 is 115. The average Bonchev–Trinajstić information content (AvgIpc) is 3.62. The van der Waals surface area contributed by atoms with Gasteiger partial charge < -0.3 is 9.47 Å². The maximum atomic E-state index is 15.4. The molecule has 1 aliphatic carbocycles. The van der Waals surface area contributed by atoms with E-state index >= 15 is 4.39 Å². The predicted molar refractivity (Wildman–Crippen MR) is 150 cm³/mol. The third-order valence-electron chi connectivity index (χ3n) is 8.69. The molecule has 1 unspecified atom stereocenters. The molecule has 248 valence electrons. The number of nitrogens with one attached hydrogen (secondary N) is 1. The van der Waals surface area contributed by atoms with Crippen LogP contribution in [0.25, 0.3) is 11.4 Å². The highest BCUT2D eigenvalue weighted by molar-refractivity contribution is 7.12. The van der Waals surface area contributed by atoms with Crippen molar-refractivity contribution in [2.24, 2.45) is 5.92 Å². The summed E-state index contributed by atoms with van der Waals surface area (Å²) in [6, 6.07) is 2.27. The molecule has 1 aromatic carbocycles. The van der Waals surface area contributed by atoms with E-state index in [4.69, 9.17) is 9.47 Å². The van der Waals surface area contributed by atoms with Crippen LogP contribution in [0.1, 0.15) is 80.0 Å². The van der Waals surface area contributed by atoms with Gasteiger partial charge in [0.15, 0.2) is 17.4 Å². The average molecular weight is 667 g/mol. The number of methoxy groups -OCH3 is 1. The van der Waals surface area contributed by atoms with Crippen LogP contribution in [0.15, 0.2) is 21.5 Å². The van der Waals surface area contributed by atoms with Crippen molar-refractivity contribution in [3.05, 3.63) is 44.1 Å². The van der Waals surface area contributed by atoms with Crippen LogP contribution in [0.3, 0.4) is 0 Å². The van der Waals surface area contributed by atoms with E-state index in [0.717, 1.165) is 17.4 Å². The Morgan fingerprint density at radius 3 is 2.36 bits per heavy atom. The lowest BCUT2D eigenvalue weighted by Gasteiger charge is -2.37. The Morgan fingerprint density at radius 1 is 1.11 bits per heavy atom. The summed E-state index contributed by atoms with van der Waals surface area (Å²) in [5.41, 5.74) is -1.78. The van der Waals surface area contributed by atoms with Crippen molar-refractivity contribution in [3.63, 3.8) is 0 Å². The molecule has 2 fully saturated rings. The second-order valence-corrected chi connectivity index (χ2v) is 12.5. The van der Waals surface area contributed by atoms with Crippen LogP contribution in [-0.4, -0.2) is 52.6 Å². The fourth-order valence-corrected chi connectivity index (χ4v) is 7.59. The maximum Gasteiger partial charge on any atom is 0.439 e. The van der Waals surface area contributed by atoms with Crippen molar-refractivity contribution >= 4 is 11.3 Å². The van der Waals surface area contributed by atoms with E-state index < -0.39 is 41.4 Å². The Morgan fingerprint density at radius 2 is 1.80 bits per heavy atom. The topological polar surface area (TPSA) is 93.5 Å². The van der Waals surface area contributed by atoms with Crippen molar-refractivity contribution in [2.75, 3.05) is 20.2 Å². The minimum absolute atomic E-state index is 0.0362. The maximum absolute atomic E-state index is 15.4.